The van der Waals surface area contributed by atoms with Crippen molar-refractivity contribution in [3.05, 3.63) is 35.9 Å². The van der Waals surface area contributed by atoms with E-state index in [1.54, 1.807) is 0 Å². The molecule has 0 spiro atoms. The Morgan fingerprint density at radius 1 is 1.29 bits per heavy atom. The highest BCUT2D eigenvalue weighted by Gasteiger charge is 2.30. The molecule has 1 unspecified atom stereocenters. The summed E-state index contributed by atoms with van der Waals surface area (Å²) in [7, 11) is 0. The van der Waals surface area contributed by atoms with Gasteiger partial charge in [0.2, 0.25) is 0 Å². The van der Waals surface area contributed by atoms with Gasteiger partial charge in [-0.25, -0.2) is 0 Å². The third-order valence-electron chi connectivity index (χ3n) is 3.46. The Hall–Kier alpha value is -0.900. The second-order valence-corrected chi connectivity index (χ2v) is 4.79. The van der Waals surface area contributed by atoms with Crippen molar-refractivity contribution in [1.82, 2.24) is 4.90 Å². The standard InChI is InChI=1S/C14H22N2O/c15-10-13(12-4-2-1-3-5-12)11-16(8-9-17)14-6-7-14/h1-5,13-14,17H,6-11,15H2. The molecule has 0 aromatic heterocycles. The second kappa shape index (κ2) is 6.15. The van der Waals surface area contributed by atoms with E-state index in [0.29, 0.717) is 18.5 Å². The summed E-state index contributed by atoms with van der Waals surface area (Å²) in [4.78, 5) is 2.38. The lowest BCUT2D eigenvalue weighted by atomic mass is 9.98. The van der Waals surface area contributed by atoms with Gasteiger partial charge in [0, 0.05) is 31.6 Å². The number of aliphatic hydroxyl groups is 1. The maximum atomic E-state index is 9.10. The van der Waals surface area contributed by atoms with Gasteiger partial charge >= 0.3 is 0 Å². The van der Waals surface area contributed by atoms with Crippen LogP contribution in [0.5, 0.6) is 0 Å². The lowest BCUT2D eigenvalue weighted by Gasteiger charge is -2.26. The summed E-state index contributed by atoms with van der Waals surface area (Å²) in [5, 5.41) is 9.10. The first-order valence-electron chi connectivity index (χ1n) is 6.45. The molecule has 0 amide bonds. The number of benzene rings is 1. The molecule has 94 valence electrons. The van der Waals surface area contributed by atoms with Crippen molar-refractivity contribution in [2.24, 2.45) is 5.73 Å². The molecule has 1 fully saturated rings. The van der Waals surface area contributed by atoms with Crippen LogP contribution in [0.25, 0.3) is 0 Å². The van der Waals surface area contributed by atoms with Crippen molar-refractivity contribution < 1.29 is 5.11 Å². The lowest BCUT2D eigenvalue weighted by molar-refractivity contribution is 0.181. The van der Waals surface area contributed by atoms with Gasteiger partial charge in [0.1, 0.15) is 0 Å². The Morgan fingerprint density at radius 3 is 2.53 bits per heavy atom. The predicted octanol–water partition coefficient (Wildman–Crippen LogP) is 1.19. The maximum Gasteiger partial charge on any atom is 0.0558 e. The van der Waals surface area contributed by atoms with Crippen LogP contribution >= 0.6 is 0 Å². The van der Waals surface area contributed by atoms with E-state index in [-0.39, 0.29) is 6.61 Å². The Morgan fingerprint density at radius 2 is 2.00 bits per heavy atom. The van der Waals surface area contributed by atoms with Crippen molar-refractivity contribution in [2.75, 3.05) is 26.2 Å². The SMILES string of the molecule is NCC(CN(CCO)C1CC1)c1ccccc1. The number of nitrogens with zero attached hydrogens (tertiary/aromatic N) is 1. The van der Waals surface area contributed by atoms with Gasteiger partial charge in [-0.15, -0.1) is 0 Å². The summed E-state index contributed by atoms with van der Waals surface area (Å²) in [6.45, 7) is 2.64. The first-order valence-corrected chi connectivity index (χ1v) is 6.45. The number of aliphatic hydroxyl groups excluding tert-OH is 1. The molecule has 1 atom stereocenters. The van der Waals surface area contributed by atoms with Crippen LogP contribution in [0.15, 0.2) is 30.3 Å². The molecule has 0 bridgehead atoms. The minimum absolute atomic E-state index is 0.239. The predicted molar refractivity (Wildman–Crippen MR) is 69.9 cm³/mol. The van der Waals surface area contributed by atoms with Crippen molar-refractivity contribution in [2.45, 2.75) is 24.8 Å². The molecule has 1 saturated carbocycles. The average molecular weight is 234 g/mol. The van der Waals surface area contributed by atoms with Crippen LogP contribution in [0.4, 0.5) is 0 Å². The first-order chi connectivity index (χ1) is 8.35. The van der Waals surface area contributed by atoms with E-state index in [0.717, 1.165) is 13.1 Å². The molecule has 1 aromatic carbocycles. The second-order valence-electron chi connectivity index (χ2n) is 4.79. The molecule has 0 saturated heterocycles. The fourth-order valence-corrected chi connectivity index (χ4v) is 2.32. The zero-order valence-corrected chi connectivity index (χ0v) is 10.3. The van der Waals surface area contributed by atoms with Crippen LogP contribution in [-0.2, 0) is 0 Å². The third-order valence-corrected chi connectivity index (χ3v) is 3.46. The third kappa shape index (κ3) is 3.53. The zero-order valence-electron chi connectivity index (χ0n) is 10.3. The van der Waals surface area contributed by atoms with Crippen molar-refractivity contribution in [3.63, 3.8) is 0 Å². The van der Waals surface area contributed by atoms with Crippen LogP contribution in [0.1, 0.15) is 24.3 Å². The van der Waals surface area contributed by atoms with Crippen LogP contribution in [-0.4, -0.2) is 42.3 Å². The lowest BCUT2D eigenvalue weighted by Crippen LogP contribution is -2.35. The zero-order chi connectivity index (χ0) is 12.1. The Balaban J connectivity index is 1.98. The molecule has 2 rings (SSSR count). The molecule has 0 heterocycles. The van der Waals surface area contributed by atoms with Gasteiger partial charge in [-0.3, -0.25) is 4.90 Å². The van der Waals surface area contributed by atoms with Gasteiger partial charge in [-0.2, -0.15) is 0 Å². The van der Waals surface area contributed by atoms with E-state index in [1.165, 1.54) is 18.4 Å². The molecule has 17 heavy (non-hydrogen) atoms. The Kier molecular flexibility index (Phi) is 4.54. The Bertz CT molecular complexity index is 324. The minimum Gasteiger partial charge on any atom is -0.395 e. The molecule has 3 N–H and O–H groups in total. The quantitative estimate of drug-likeness (QED) is 0.745. The largest absolute Gasteiger partial charge is 0.395 e. The van der Waals surface area contributed by atoms with Gasteiger partial charge in [0.15, 0.2) is 0 Å². The van der Waals surface area contributed by atoms with E-state index in [9.17, 15) is 0 Å². The van der Waals surface area contributed by atoms with Gasteiger partial charge in [0.25, 0.3) is 0 Å². The molecule has 1 aliphatic rings. The van der Waals surface area contributed by atoms with Gasteiger partial charge in [0.05, 0.1) is 6.61 Å². The van der Waals surface area contributed by atoms with Crippen LogP contribution in [0.2, 0.25) is 0 Å². The summed E-state index contributed by atoms with van der Waals surface area (Å²) >= 11 is 0. The minimum atomic E-state index is 0.239. The first kappa shape index (κ1) is 12.6. The smallest absolute Gasteiger partial charge is 0.0558 e. The van der Waals surface area contributed by atoms with Gasteiger partial charge in [-0.1, -0.05) is 30.3 Å². The molecule has 3 heteroatoms. The molecule has 0 radical (unpaired) electrons. The molecule has 1 aliphatic carbocycles. The van der Waals surface area contributed by atoms with Crippen molar-refractivity contribution >= 4 is 0 Å². The van der Waals surface area contributed by atoms with E-state index in [1.807, 2.05) is 6.07 Å². The van der Waals surface area contributed by atoms with Crippen molar-refractivity contribution in [3.8, 4) is 0 Å². The normalized spacial score (nSPS) is 17.4. The maximum absolute atomic E-state index is 9.10. The Labute approximate surface area is 103 Å². The molecule has 1 aromatic rings. The molecular weight excluding hydrogens is 212 g/mol. The summed E-state index contributed by atoms with van der Waals surface area (Å²) in [6.07, 6.45) is 2.54. The van der Waals surface area contributed by atoms with E-state index >= 15 is 0 Å². The number of rotatable bonds is 7. The average Bonchev–Trinajstić information content (AvgIpc) is 3.20. The van der Waals surface area contributed by atoms with Crippen LogP contribution < -0.4 is 5.73 Å². The molecule has 0 aliphatic heterocycles. The summed E-state index contributed by atoms with van der Waals surface area (Å²) < 4.78 is 0. The van der Waals surface area contributed by atoms with Crippen LogP contribution in [0, 0.1) is 0 Å². The fraction of sp³-hybridized carbons (Fsp3) is 0.571. The van der Waals surface area contributed by atoms with Crippen LogP contribution in [0.3, 0.4) is 0 Å². The number of hydrogen-bond donors (Lipinski definition) is 2. The van der Waals surface area contributed by atoms with Gasteiger partial charge < -0.3 is 10.8 Å². The highest BCUT2D eigenvalue weighted by Crippen LogP contribution is 2.28. The number of nitrogens with two attached hydrogens (primary N) is 1. The summed E-state index contributed by atoms with van der Waals surface area (Å²) in [5.41, 5.74) is 7.18. The highest BCUT2D eigenvalue weighted by atomic mass is 16.3. The molecular formula is C14H22N2O. The monoisotopic (exact) mass is 234 g/mol. The summed E-state index contributed by atoms with van der Waals surface area (Å²) in [5.74, 6) is 0.378. The van der Waals surface area contributed by atoms with Crippen molar-refractivity contribution in [1.29, 1.82) is 0 Å². The fourth-order valence-electron chi connectivity index (χ4n) is 2.32. The van der Waals surface area contributed by atoms with E-state index in [2.05, 4.69) is 29.2 Å². The van der Waals surface area contributed by atoms with Gasteiger partial charge in [-0.05, 0) is 18.4 Å². The summed E-state index contributed by atoms with van der Waals surface area (Å²) in [6, 6.07) is 11.1. The number of hydrogen-bond acceptors (Lipinski definition) is 3. The van der Waals surface area contributed by atoms with E-state index in [4.69, 9.17) is 10.8 Å². The molecule has 3 nitrogen and oxygen atoms in total. The topological polar surface area (TPSA) is 49.5 Å². The highest BCUT2D eigenvalue weighted by molar-refractivity contribution is 5.20. The van der Waals surface area contributed by atoms with E-state index < -0.39 is 0 Å².